The second kappa shape index (κ2) is 14.5. The molecule has 8 heteroatoms. The van der Waals surface area contributed by atoms with E-state index in [1.165, 1.54) is 31.9 Å². The first-order valence-corrected chi connectivity index (χ1v) is 14.4. The SMILES string of the molecule is COc1ccc(S(=O)(=O)C(CCCCc2ccccc2)C(CCCc2ccccc2)C(=O)NO)cc1OC. The van der Waals surface area contributed by atoms with Gasteiger partial charge in [0.05, 0.1) is 30.3 Å². The maximum absolute atomic E-state index is 14.0. The van der Waals surface area contributed by atoms with Gasteiger partial charge in [-0.2, -0.15) is 0 Å². The number of amides is 1. The maximum atomic E-state index is 14.0. The molecule has 0 radical (unpaired) electrons. The van der Waals surface area contributed by atoms with Crippen molar-refractivity contribution in [1.29, 1.82) is 0 Å². The molecule has 38 heavy (non-hydrogen) atoms. The van der Waals surface area contributed by atoms with Crippen molar-refractivity contribution in [2.45, 2.75) is 55.1 Å². The number of hydrogen-bond acceptors (Lipinski definition) is 6. The number of sulfone groups is 1. The number of benzene rings is 3. The molecular formula is C30H37NO6S. The lowest BCUT2D eigenvalue weighted by molar-refractivity contribution is -0.133. The molecule has 3 rings (SSSR count). The van der Waals surface area contributed by atoms with Crippen molar-refractivity contribution in [2.24, 2.45) is 5.92 Å². The second-order valence-corrected chi connectivity index (χ2v) is 11.5. The Kier molecular flexibility index (Phi) is 11.2. The largest absolute Gasteiger partial charge is 0.493 e. The molecule has 1 amide bonds. The van der Waals surface area contributed by atoms with E-state index in [1.54, 1.807) is 11.5 Å². The molecule has 0 fully saturated rings. The van der Waals surface area contributed by atoms with Crippen LogP contribution < -0.4 is 15.0 Å². The van der Waals surface area contributed by atoms with Crippen molar-refractivity contribution in [3.8, 4) is 11.5 Å². The lowest BCUT2D eigenvalue weighted by Gasteiger charge is -2.26. The van der Waals surface area contributed by atoms with Crippen LogP contribution in [0.15, 0.2) is 83.8 Å². The summed E-state index contributed by atoms with van der Waals surface area (Å²) in [5.41, 5.74) is 4.02. The molecular weight excluding hydrogens is 502 g/mol. The number of unbranched alkanes of at least 4 members (excludes halogenated alkanes) is 1. The van der Waals surface area contributed by atoms with E-state index < -0.39 is 26.9 Å². The summed E-state index contributed by atoms with van der Waals surface area (Å²) >= 11 is 0. The van der Waals surface area contributed by atoms with E-state index >= 15 is 0 Å². The Bertz CT molecular complexity index is 1250. The van der Waals surface area contributed by atoms with Crippen LogP contribution in [0.25, 0.3) is 0 Å². The molecule has 2 unspecified atom stereocenters. The van der Waals surface area contributed by atoms with E-state index in [4.69, 9.17) is 9.47 Å². The normalized spacial score (nSPS) is 12.9. The second-order valence-electron chi connectivity index (χ2n) is 9.29. The first-order valence-electron chi connectivity index (χ1n) is 12.9. The van der Waals surface area contributed by atoms with Gasteiger partial charge in [-0.3, -0.25) is 10.0 Å². The van der Waals surface area contributed by atoms with Crippen molar-refractivity contribution in [3.05, 3.63) is 90.0 Å². The Balaban J connectivity index is 1.86. The first-order chi connectivity index (χ1) is 18.4. The molecule has 0 aliphatic carbocycles. The smallest absolute Gasteiger partial charge is 0.247 e. The third-order valence-corrected chi connectivity index (χ3v) is 9.12. The molecule has 204 valence electrons. The monoisotopic (exact) mass is 539 g/mol. The van der Waals surface area contributed by atoms with Crippen LogP contribution in [-0.4, -0.2) is 39.0 Å². The molecule has 0 aromatic heterocycles. The fourth-order valence-electron chi connectivity index (χ4n) is 4.80. The fraction of sp³-hybridized carbons (Fsp3) is 0.367. The molecule has 0 saturated carbocycles. The molecule has 7 nitrogen and oxygen atoms in total. The summed E-state index contributed by atoms with van der Waals surface area (Å²) in [4.78, 5) is 12.9. The summed E-state index contributed by atoms with van der Waals surface area (Å²) in [5.74, 6) is -0.893. The van der Waals surface area contributed by atoms with Crippen LogP contribution in [0.1, 0.15) is 43.2 Å². The maximum Gasteiger partial charge on any atom is 0.247 e. The highest BCUT2D eigenvalue weighted by Gasteiger charge is 2.38. The Morgan fingerprint density at radius 3 is 1.92 bits per heavy atom. The van der Waals surface area contributed by atoms with Crippen LogP contribution in [0.4, 0.5) is 0 Å². The highest BCUT2D eigenvalue weighted by Crippen LogP contribution is 2.35. The molecule has 0 bridgehead atoms. The van der Waals surface area contributed by atoms with Crippen molar-refractivity contribution in [1.82, 2.24) is 5.48 Å². The minimum absolute atomic E-state index is 0.0574. The van der Waals surface area contributed by atoms with Crippen molar-refractivity contribution >= 4 is 15.7 Å². The zero-order chi connectivity index (χ0) is 27.4. The summed E-state index contributed by atoms with van der Waals surface area (Å²) in [6, 6.07) is 24.3. The Morgan fingerprint density at radius 1 is 0.789 bits per heavy atom. The number of hydrogen-bond donors (Lipinski definition) is 2. The Labute approximate surface area is 225 Å². The summed E-state index contributed by atoms with van der Waals surface area (Å²) in [6.45, 7) is 0. The van der Waals surface area contributed by atoms with Gasteiger partial charge in [0.2, 0.25) is 5.91 Å². The molecule has 0 aliphatic rings. The van der Waals surface area contributed by atoms with Crippen molar-refractivity contribution in [2.75, 3.05) is 14.2 Å². The molecule has 0 saturated heterocycles. The van der Waals surface area contributed by atoms with Gasteiger partial charge in [0.25, 0.3) is 0 Å². The number of methoxy groups -OCH3 is 2. The number of carbonyl (C=O) groups excluding carboxylic acids is 1. The average Bonchev–Trinajstić information content (AvgIpc) is 2.96. The van der Waals surface area contributed by atoms with E-state index in [0.29, 0.717) is 37.2 Å². The van der Waals surface area contributed by atoms with Crippen LogP contribution in [-0.2, 0) is 27.5 Å². The van der Waals surface area contributed by atoms with Crippen molar-refractivity contribution < 1.29 is 27.9 Å². The van der Waals surface area contributed by atoms with Crippen LogP contribution in [0.2, 0.25) is 0 Å². The first kappa shape index (κ1) is 29.2. The predicted octanol–water partition coefficient (Wildman–Crippen LogP) is 5.40. The third kappa shape index (κ3) is 7.82. The quantitative estimate of drug-likeness (QED) is 0.152. The fourth-order valence-corrected chi connectivity index (χ4v) is 6.85. The van der Waals surface area contributed by atoms with Crippen LogP contribution >= 0.6 is 0 Å². The Hall–Kier alpha value is -3.36. The molecule has 0 aliphatic heterocycles. The molecule has 0 heterocycles. The zero-order valence-corrected chi connectivity index (χ0v) is 22.8. The highest BCUT2D eigenvalue weighted by atomic mass is 32.2. The molecule has 3 aromatic carbocycles. The van der Waals surface area contributed by atoms with E-state index in [9.17, 15) is 18.4 Å². The Morgan fingerprint density at radius 2 is 1.37 bits per heavy atom. The lowest BCUT2D eigenvalue weighted by Crippen LogP contribution is -2.40. The number of nitrogens with one attached hydrogen (secondary N) is 1. The number of rotatable bonds is 15. The zero-order valence-electron chi connectivity index (χ0n) is 22.0. The van der Waals surface area contributed by atoms with Gasteiger partial charge in [-0.1, -0.05) is 67.1 Å². The summed E-state index contributed by atoms with van der Waals surface area (Å²) in [6.07, 6.45) is 4.11. The van der Waals surface area contributed by atoms with Gasteiger partial charge in [0.1, 0.15) is 0 Å². The summed E-state index contributed by atoms with van der Waals surface area (Å²) < 4.78 is 38.6. The van der Waals surface area contributed by atoms with Crippen LogP contribution in [0.5, 0.6) is 11.5 Å². The predicted molar refractivity (Wildman–Crippen MR) is 147 cm³/mol. The number of aryl methyl sites for hydroxylation is 2. The van der Waals surface area contributed by atoms with Gasteiger partial charge >= 0.3 is 0 Å². The van der Waals surface area contributed by atoms with E-state index in [1.807, 2.05) is 60.7 Å². The van der Waals surface area contributed by atoms with Crippen LogP contribution in [0, 0.1) is 5.92 Å². The third-order valence-electron chi connectivity index (χ3n) is 6.85. The molecule has 0 spiro atoms. The minimum Gasteiger partial charge on any atom is -0.493 e. The van der Waals surface area contributed by atoms with Gasteiger partial charge in [-0.25, -0.2) is 13.9 Å². The van der Waals surface area contributed by atoms with E-state index in [2.05, 4.69) is 0 Å². The van der Waals surface area contributed by atoms with Gasteiger partial charge < -0.3 is 9.47 Å². The van der Waals surface area contributed by atoms with Gasteiger partial charge in [0.15, 0.2) is 21.3 Å². The minimum atomic E-state index is -3.96. The summed E-state index contributed by atoms with van der Waals surface area (Å²) in [7, 11) is -1.03. The highest BCUT2D eigenvalue weighted by molar-refractivity contribution is 7.92. The molecule has 3 aromatic rings. The molecule has 2 N–H and O–H groups in total. The molecule has 2 atom stereocenters. The standard InChI is InChI=1S/C30H37NO6S/c1-36-27-21-20-25(22-28(27)37-2)38(34,35)29(19-10-9-16-23-12-5-3-6-13-23)26(30(32)31-33)18-11-17-24-14-7-4-8-15-24/h3-8,12-15,20-22,26,29,33H,9-11,16-19H2,1-2H3,(H,31,32). The topological polar surface area (TPSA) is 102 Å². The summed E-state index contributed by atoms with van der Waals surface area (Å²) in [5, 5.41) is 8.53. The number of hydroxylamine groups is 1. The van der Waals surface area contributed by atoms with Gasteiger partial charge in [-0.15, -0.1) is 0 Å². The van der Waals surface area contributed by atoms with Crippen molar-refractivity contribution in [3.63, 3.8) is 0 Å². The van der Waals surface area contributed by atoms with Gasteiger partial charge in [0, 0.05) is 6.07 Å². The van der Waals surface area contributed by atoms with E-state index in [0.717, 1.165) is 18.4 Å². The number of ether oxygens (including phenoxy) is 2. The van der Waals surface area contributed by atoms with Crippen LogP contribution in [0.3, 0.4) is 0 Å². The van der Waals surface area contributed by atoms with E-state index in [-0.39, 0.29) is 11.3 Å². The lowest BCUT2D eigenvalue weighted by atomic mass is 9.92. The number of carbonyl (C=O) groups is 1. The van der Waals surface area contributed by atoms with Gasteiger partial charge in [-0.05, 0) is 61.8 Å². The average molecular weight is 540 g/mol.